The molecule has 0 amide bonds. The average molecular weight is 271 g/mol. The Morgan fingerprint density at radius 3 is 2.55 bits per heavy atom. The van der Waals surface area contributed by atoms with E-state index in [1.54, 1.807) is 6.33 Å². The summed E-state index contributed by atoms with van der Waals surface area (Å²) in [6, 6.07) is 8.24. The second-order valence-corrected chi connectivity index (χ2v) is 4.90. The lowest BCUT2D eigenvalue weighted by molar-refractivity contribution is 0.242. The van der Waals surface area contributed by atoms with Gasteiger partial charge in [0.15, 0.2) is 0 Å². The largest absolute Gasteiger partial charge is 0.491 e. The van der Waals surface area contributed by atoms with Crippen LogP contribution in [0.15, 0.2) is 43.0 Å². The molecule has 0 aliphatic rings. The number of benzene rings is 1. The van der Waals surface area contributed by atoms with Gasteiger partial charge in [-0.3, -0.25) is 0 Å². The van der Waals surface area contributed by atoms with E-state index in [-0.39, 0.29) is 12.1 Å². The predicted molar refractivity (Wildman–Crippen MR) is 79.8 cm³/mol. The van der Waals surface area contributed by atoms with Crippen molar-refractivity contribution in [2.75, 3.05) is 6.54 Å². The molecule has 1 heterocycles. The quantitative estimate of drug-likeness (QED) is 0.877. The fourth-order valence-electron chi connectivity index (χ4n) is 2.13. The van der Waals surface area contributed by atoms with Gasteiger partial charge in [-0.2, -0.15) is 0 Å². The summed E-state index contributed by atoms with van der Waals surface area (Å²) in [4.78, 5) is 8.20. The van der Waals surface area contributed by atoms with Crippen molar-refractivity contribution in [2.45, 2.75) is 32.9 Å². The number of nitrogens with zero attached hydrogens (tertiary/aromatic N) is 2. The first kappa shape index (κ1) is 14.5. The van der Waals surface area contributed by atoms with Crippen LogP contribution in [0.5, 0.6) is 5.75 Å². The number of hydrogen-bond donors (Lipinski definition) is 1. The molecule has 0 aliphatic heterocycles. The highest BCUT2D eigenvalue weighted by atomic mass is 16.5. The van der Waals surface area contributed by atoms with Gasteiger partial charge in [0.05, 0.1) is 12.1 Å². The topological polar surface area (TPSA) is 47.0 Å². The highest BCUT2D eigenvalue weighted by Crippen LogP contribution is 2.24. The first-order valence-corrected chi connectivity index (χ1v) is 6.95. The van der Waals surface area contributed by atoms with E-state index in [0.29, 0.717) is 0 Å². The van der Waals surface area contributed by atoms with Crippen molar-refractivity contribution in [1.29, 1.82) is 0 Å². The third-order valence-corrected chi connectivity index (χ3v) is 2.89. The smallest absolute Gasteiger partial charge is 0.120 e. The van der Waals surface area contributed by atoms with Crippen molar-refractivity contribution >= 4 is 0 Å². The minimum atomic E-state index is 0.0805. The SMILES string of the molecule is CCNC(c1cncnc1)c1cccc(OC(C)C)c1. The molecule has 1 atom stereocenters. The van der Waals surface area contributed by atoms with Crippen LogP contribution in [0.2, 0.25) is 0 Å². The van der Waals surface area contributed by atoms with Crippen LogP contribution in [-0.2, 0) is 0 Å². The molecule has 4 heteroatoms. The number of aromatic nitrogens is 2. The summed E-state index contributed by atoms with van der Waals surface area (Å²) in [7, 11) is 0. The zero-order valence-corrected chi connectivity index (χ0v) is 12.2. The Kier molecular flexibility index (Phi) is 5.07. The summed E-state index contributed by atoms with van der Waals surface area (Å²) in [5.41, 5.74) is 2.20. The van der Waals surface area contributed by atoms with Crippen LogP contribution in [0.25, 0.3) is 0 Å². The summed E-state index contributed by atoms with van der Waals surface area (Å²) in [6.07, 6.45) is 5.40. The number of ether oxygens (including phenoxy) is 1. The van der Waals surface area contributed by atoms with Gasteiger partial charge in [-0.1, -0.05) is 19.1 Å². The van der Waals surface area contributed by atoms with E-state index in [0.717, 1.165) is 23.4 Å². The average Bonchev–Trinajstić information content (AvgIpc) is 2.45. The molecular weight excluding hydrogens is 250 g/mol. The lowest BCUT2D eigenvalue weighted by atomic mass is 10.0. The molecule has 0 spiro atoms. The molecule has 0 fully saturated rings. The van der Waals surface area contributed by atoms with E-state index >= 15 is 0 Å². The van der Waals surface area contributed by atoms with Gasteiger partial charge in [-0.05, 0) is 38.1 Å². The maximum atomic E-state index is 5.76. The van der Waals surface area contributed by atoms with Crippen LogP contribution in [0, 0.1) is 0 Å². The van der Waals surface area contributed by atoms with Gasteiger partial charge in [-0.25, -0.2) is 9.97 Å². The normalized spacial score (nSPS) is 12.4. The van der Waals surface area contributed by atoms with Crippen LogP contribution in [0.3, 0.4) is 0 Å². The van der Waals surface area contributed by atoms with Gasteiger partial charge in [-0.15, -0.1) is 0 Å². The summed E-state index contributed by atoms with van der Waals surface area (Å²) in [5.74, 6) is 0.886. The maximum Gasteiger partial charge on any atom is 0.120 e. The Morgan fingerprint density at radius 2 is 1.90 bits per heavy atom. The van der Waals surface area contributed by atoms with Crippen molar-refractivity contribution in [1.82, 2.24) is 15.3 Å². The summed E-state index contributed by atoms with van der Waals surface area (Å²) < 4.78 is 5.76. The van der Waals surface area contributed by atoms with E-state index in [2.05, 4.69) is 34.3 Å². The molecule has 0 aliphatic carbocycles. The van der Waals surface area contributed by atoms with Crippen LogP contribution < -0.4 is 10.1 Å². The van der Waals surface area contributed by atoms with Gasteiger partial charge < -0.3 is 10.1 Å². The third kappa shape index (κ3) is 3.78. The van der Waals surface area contributed by atoms with E-state index in [4.69, 9.17) is 4.74 Å². The number of rotatable bonds is 6. The molecule has 2 aromatic rings. The fourth-order valence-corrected chi connectivity index (χ4v) is 2.13. The first-order chi connectivity index (χ1) is 9.70. The Morgan fingerprint density at radius 1 is 1.15 bits per heavy atom. The highest BCUT2D eigenvalue weighted by Gasteiger charge is 2.14. The molecule has 0 saturated heterocycles. The molecule has 1 aromatic carbocycles. The van der Waals surface area contributed by atoms with Crippen molar-refractivity contribution in [3.63, 3.8) is 0 Å². The Labute approximate surface area is 120 Å². The van der Waals surface area contributed by atoms with Crippen molar-refractivity contribution in [3.8, 4) is 5.75 Å². The molecule has 20 heavy (non-hydrogen) atoms. The van der Waals surface area contributed by atoms with Gasteiger partial charge >= 0.3 is 0 Å². The zero-order valence-electron chi connectivity index (χ0n) is 12.2. The van der Waals surface area contributed by atoms with E-state index in [1.807, 2.05) is 38.4 Å². The van der Waals surface area contributed by atoms with E-state index in [1.165, 1.54) is 0 Å². The molecule has 1 unspecified atom stereocenters. The first-order valence-electron chi connectivity index (χ1n) is 6.95. The lowest BCUT2D eigenvalue weighted by Crippen LogP contribution is -2.22. The highest BCUT2D eigenvalue weighted by molar-refractivity contribution is 5.35. The van der Waals surface area contributed by atoms with Crippen LogP contribution in [-0.4, -0.2) is 22.6 Å². The van der Waals surface area contributed by atoms with Crippen LogP contribution in [0.4, 0.5) is 0 Å². The number of nitrogens with one attached hydrogen (secondary N) is 1. The number of hydrogen-bond acceptors (Lipinski definition) is 4. The lowest BCUT2D eigenvalue weighted by Gasteiger charge is -2.19. The molecule has 2 rings (SSSR count). The molecule has 1 N–H and O–H groups in total. The second-order valence-electron chi connectivity index (χ2n) is 4.90. The molecular formula is C16H21N3O. The molecule has 0 bridgehead atoms. The van der Waals surface area contributed by atoms with Crippen molar-refractivity contribution in [2.24, 2.45) is 0 Å². The molecule has 106 valence electrons. The monoisotopic (exact) mass is 271 g/mol. The minimum Gasteiger partial charge on any atom is -0.491 e. The Hall–Kier alpha value is -1.94. The predicted octanol–water partition coefficient (Wildman–Crippen LogP) is 2.96. The molecule has 0 radical (unpaired) electrons. The summed E-state index contributed by atoms with van der Waals surface area (Å²) in [5, 5.41) is 3.46. The second kappa shape index (κ2) is 7.01. The summed E-state index contributed by atoms with van der Waals surface area (Å²) in [6.45, 7) is 7.01. The van der Waals surface area contributed by atoms with Gasteiger partial charge in [0, 0.05) is 18.0 Å². The van der Waals surface area contributed by atoms with Crippen LogP contribution in [0.1, 0.15) is 37.9 Å². The summed E-state index contributed by atoms with van der Waals surface area (Å²) >= 11 is 0. The Bertz CT molecular complexity index is 528. The fraction of sp³-hybridized carbons (Fsp3) is 0.375. The standard InChI is InChI=1S/C16H21N3O/c1-4-19-16(14-9-17-11-18-10-14)13-6-5-7-15(8-13)20-12(2)3/h5-12,16,19H,4H2,1-3H3. The maximum absolute atomic E-state index is 5.76. The van der Waals surface area contributed by atoms with Crippen molar-refractivity contribution < 1.29 is 4.74 Å². The van der Waals surface area contributed by atoms with Gasteiger partial charge in [0.2, 0.25) is 0 Å². The molecule has 4 nitrogen and oxygen atoms in total. The molecule has 0 saturated carbocycles. The third-order valence-electron chi connectivity index (χ3n) is 2.89. The van der Waals surface area contributed by atoms with Crippen molar-refractivity contribution in [3.05, 3.63) is 54.1 Å². The molecule has 1 aromatic heterocycles. The van der Waals surface area contributed by atoms with E-state index in [9.17, 15) is 0 Å². The van der Waals surface area contributed by atoms with Gasteiger partial charge in [0.25, 0.3) is 0 Å². The Balaban J connectivity index is 2.30. The van der Waals surface area contributed by atoms with Crippen LogP contribution >= 0.6 is 0 Å². The van der Waals surface area contributed by atoms with E-state index < -0.39 is 0 Å². The minimum absolute atomic E-state index is 0.0805. The zero-order chi connectivity index (χ0) is 14.4. The van der Waals surface area contributed by atoms with Gasteiger partial charge in [0.1, 0.15) is 12.1 Å².